The van der Waals surface area contributed by atoms with E-state index in [1.54, 1.807) is 0 Å². The normalized spacial score (nSPS) is 12.9. The van der Waals surface area contributed by atoms with Gasteiger partial charge in [0, 0.05) is 19.3 Å². The first-order valence-corrected chi connectivity index (χ1v) is 27.8. The molecule has 0 fully saturated rings. The van der Waals surface area contributed by atoms with Gasteiger partial charge in [-0.1, -0.05) is 272 Å². The maximum absolute atomic E-state index is 12.8. The smallest absolute Gasteiger partial charge is 0.306 e. The molecule has 2 unspecified atom stereocenters. The second kappa shape index (κ2) is 48.9. The minimum Gasteiger partial charge on any atom is -0.462 e. The summed E-state index contributed by atoms with van der Waals surface area (Å²) >= 11 is 0. The molecule has 0 radical (unpaired) electrons. The summed E-state index contributed by atoms with van der Waals surface area (Å²) in [5, 5.41) is 0. The molecule has 0 heterocycles. The van der Waals surface area contributed by atoms with Crippen LogP contribution in [0.2, 0.25) is 0 Å². The van der Waals surface area contributed by atoms with E-state index >= 15 is 0 Å². The maximum Gasteiger partial charge on any atom is 0.306 e. The number of carbonyl (C=O) groups excluding carboxylic acids is 3. The van der Waals surface area contributed by atoms with E-state index in [1.807, 2.05) is 0 Å². The first-order valence-electron chi connectivity index (χ1n) is 27.8. The molecule has 3 atom stereocenters. The highest BCUT2D eigenvalue weighted by atomic mass is 16.6. The van der Waals surface area contributed by atoms with Crippen molar-refractivity contribution in [2.24, 2.45) is 11.8 Å². The van der Waals surface area contributed by atoms with Gasteiger partial charge < -0.3 is 14.2 Å². The van der Waals surface area contributed by atoms with Gasteiger partial charge in [-0.25, -0.2) is 0 Å². The number of hydrogen-bond donors (Lipinski definition) is 0. The summed E-state index contributed by atoms with van der Waals surface area (Å²) in [6.45, 7) is 11.5. The molecule has 368 valence electrons. The minimum atomic E-state index is -0.762. The Morgan fingerprint density at radius 2 is 0.565 bits per heavy atom. The van der Waals surface area contributed by atoms with Crippen LogP contribution in [-0.4, -0.2) is 37.2 Å². The van der Waals surface area contributed by atoms with Gasteiger partial charge in [-0.2, -0.15) is 0 Å². The second-order valence-corrected chi connectivity index (χ2v) is 19.7. The molecule has 0 bridgehead atoms. The Balaban J connectivity index is 4.28. The summed E-state index contributed by atoms with van der Waals surface area (Å²) in [7, 11) is 0. The van der Waals surface area contributed by atoms with Crippen LogP contribution < -0.4 is 0 Å². The summed E-state index contributed by atoms with van der Waals surface area (Å²) in [5.74, 6) is 0.922. The molecule has 6 nitrogen and oxygen atoms in total. The van der Waals surface area contributed by atoms with Crippen molar-refractivity contribution in [3.05, 3.63) is 0 Å². The molecule has 0 aromatic heterocycles. The summed E-state index contributed by atoms with van der Waals surface area (Å²) in [6.07, 6.45) is 50.7. The third-order valence-corrected chi connectivity index (χ3v) is 13.4. The van der Waals surface area contributed by atoms with E-state index in [9.17, 15) is 14.4 Å². The fourth-order valence-electron chi connectivity index (χ4n) is 8.46. The number of ether oxygens (including phenoxy) is 3. The van der Waals surface area contributed by atoms with E-state index < -0.39 is 6.10 Å². The van der Waals surface area contributed by atoms with Crippen LogP contribution in [0.1, 0.15) is 311 Å². The van der Waals surface area contributed by atoms with Crippen molar-refractivity contribution >= 4 is 17.9 Å². The van der Waals surface area contributed by atoms with Crippen molar-refractivity contribution in [3.8, 4) is 0 Å². The molecule has 0 aliphatic heterocycles. The van der Waals surface area contributed by atoms with E-state index in [2.05, 4.69) is 34.6 Å². The zero-order valence-corrected chi connectivity index (χ0v) is 42.5. The summed E-state index contributed by atoms with van der Waals surface area (Å²) in [4.78, 5) is 38.0. The van der Waals surface area contributed by atoms with Crippen LogP contribution >= 0.6 is 0 Å². The zero-order valence-electron chi connectivity index (χ0n) is 42.5. The van der Waals surface area contributed by atoms with Crippen molar-refractivity contribution in [2.45, 2.75) is 317 Å². The van der Waals surface area contributed by atoms with Crippen LogP contribution in [0.15, 0.2) is 0 Å². The fraction of sp³-hybridized carbons (Fsp3) is 0.946. The Labute approximate surface area is 387 Å². The standard InChI is InChI=1S/C56H108O6/c1-6-9-10-11-12-13-14-20-28-33-38-43-48-56(59)62-53(50-61-55(58)47-42-37-32-27-23-22-25-30-35-40-45-52(5)8-3)49-60-54(57)46-41-36-31-26-21-18-16-15-17-19-24-29-34-39-44-51(4)7-2/h51-53H,6-50H2,1-5H3/t51?,52?,53-/m1/s1. The molecular weight excluding hydrogens is 769 g/mol. The Kier molecular flexibility index (Phi) is 47.6. The van der Waals surface area contributed by atoms with Crippen molar-refractivity contribution in [1.29, 1.82) is 0 Å². The average molecular weight is 877 g/mol. The number of rotatable bonds is 50. The molecule has 0 N–H and O–H groups in total. The van der Waals surface area contributed by atoms with Gasteiger partial charge in [0.2, 0.25) is 0 Å². The monoisotopic (exact) mass is 877 g/mol. The largest absolute Gasteiger partial charge is 0.462 e. The van der Waals surface area contributed by atoms with E-state index in [0.717, 1.165) is 69.6 Å². The molecule has 62 heavy (non-hydrogen) atoms. The molecule has 0 aliphatic carbocycles. The van der Waals surface area contributed by atoms with E-state index in [0.29, 0.717) is 19.3 Å². The van der Waals surface area contributed by atoms with E-state index in [-0.39, 0.29) is 31.1 Å². The van der Waals surface area contributed by atoms with Crippen molar-refractivity contribution in [3.63, 3.8) is 0 Å². The molecule has 0 amide bonds. The number of unbranched alkanes of at least 4 members (excludes halogenated alkanes) is 33. The highest BCUT2D eigenvalue weighted by molar-refractivity contribution is 5.71. The van der Waals surface area contributed by atoms with E-state index in [4.69, 9.17) is 14.2 Å². The topological polar surface area (TPSA) is 78.9 Å². The molecule has 0 aromatic carbocycles. The van der Waals surface area contributed by atoms with Gasteiger partial charge in [0.05, 0.1) is 0 Å². The predicted molar refractivity (Wildman–Crippen MR) is 266 cm³/mol. The number of carbonyl (C=O) groups is 3. The van der Waals surface area contributed by atoms with Crippen LogP contribution in [0, 0.1) is 11.8 Å². The van der Waals surface area contributed by atoms with Crippen LogP contribution in [0.4, 0.5) is 0 Å². The summed E-state index contributed by atoms with van der Waals surface area (Å²) in [6, 6.07) is 0. The minimum absolute atomic E-state index is 0.0631. The van der Waals surface area contributed by atoms with Crippen molar-refractivity contribution in [2.75, 3.05) is 13.2 Å². The molecule has 0 saturated heterocycles. The van der Waals surface area contributed by atoms with Crippen LogP contribution in [0.3, 0.4) is 0 Å². The van der Waals surface area contributed by atoms with Gasteiger partial charge in [0.25, 0.3) is 0 Å². The molecule has 6 heteroatoms. The van der Waals surface area contributed by atoms with Gasteiger partial charge in [-0.05, 0) is 31.1 Å². The molecule has 0 rings (SSSR count). The number of esters is 3. The molecule has 0 aliphatic rings. The average Bonchev–Trinajstić information content (AvgIpc) is 3.27. The highest BCUT2D eigenvalue weighted by Gasteiger charge is 2.19. The molecule has 0 spiro atoms. The van der Waals surface area contributed by atoms with Gasteiger partial charge >= 0.3 is 17.9 Å². The lowest BCUT2D eigenvalue weighted by atomic mass is 9.99. The summed E-state index contributed by atoms with van der Waals surface area (Å²) < 4.78 is 16.9. The van der Waals surface area contributed by atoms with Crippen molar-refractivity contribution < 1.29 is 28.6 Å². The SMILES string of the molecule is CCCCCCCCCCCCCCC(=O)O[C@H](COC(=O)CCCCCCCCCCCCCCCCC(C)CC)COC(=O)CCCCCCCCCCCCC(C)CC. The van der Waals surface area contributed by atoms with Gasteiger partial charge in [-0.15, -0.1) is 0 Å². The van der Waals surface area contributed by atoms with Crippen molar-refractivity contribution in [1.82, 2.24) is 0 Å². The third kappa shape index (κ3) is 46.4. The molecule has 0 saturated carbocycles. The second-order valence-electron chi connectivity index (χ2n) is 19.7. The first kappa shape index (κ1) is 60.4. The van der Waals surface area contributed by atoms with Gasteiger partial charge in [-0.3, -0.25) is 14.4 Å². The Morgan fingerprint density at radius 3 is 0.839 bits per heavy atom. The summed E-state index contributed by atoms with van der Waals surface area (Å²) in [5.41, 5.74) is 0. The lowest BCUT2D eigenvalue weighted by Crippen LogP contribution is -2.30. The Morgan fingerprint density at radius 1 is 0.323 bits per heavy atom. The van der Waals surface area contributed by atoms with E-state index in [1.165, 1.54) is 199 Å². The predicted octanol–water partition coefficient (Wildman–Crippen LogP) is 18.1. The quantitative estimate of drug-likeness (QED) is 0.0344. The van der Waals surface area contributed by atoms with Gasteiger partial charge in [0.15, 0.2) is 6.10 Å². The van der Waals surface area contributed by atoms with Crippen LogP contribution in [0.5, 0.6) is 0 Å². The maximum atomic E-state index is 12.8. The Hall–Kier alpha value is -1.59. The van der Waals surface area contributed by atoms with Crippen LogP contribution in [-0.2, 0) is 28.6 Å². The highest BCUT2D eigenvalue weighted by Crippen LogP contribution is 2.19. The van der Waals surface area contributed by atoms with Gasteiger partial charge in [0.1, 0.15) is 13.2 Å². The first-order chi connectivity index (χ1) is 30.3. The molecular formula is C56H108O6. The van der Waals surface area contributed by atoms with Crippen LogP contribution in [0.25, 0.3) is 0 Å². The lowest BCUT2D eigenvalue weighted by molar-refractivity contribution is -0.167. The molecule has 0 aromatic rings. The Bertz CT molecular complexity index is 951. The number of hydrogen-bond acceptors (Lipinski definition) is 6. The fourth-order valence-corrected chi connectivity index (χ4v) is 8.46. The lowest BCUT2D eigenvalue weighted by Gasteiger charge is -2.18. The zero-order chi connectivity index (χ0) is 45.4. The third-order valence-electron chi connectivity index (χ3n) is 13.4.